The number of likely N-dealkylation sites (tertiary alicyclic amines) is 1. The van der Waals surface area contributed by atoms with E-state index in [-0.39, 0.29) is 18.0 Å². The second-order valence-corrected chi connectivity index (χ2v) is 6.15. The fourth-order valence-electron chi connectivity index (χ4n) is 3.00. The molecule has 0 bridgehead atoms. The van der Waals surface area contributed by atoms with Crippen molar-refractivity contribution in [1.82, 2.24) is 9.80 Å². The van der Waals surface area contributed by atoms with E-state index in [0.29, 0.717) is 45.0 Å². The van der Waals surface area contributed by atoms with Gasteiger partial charge < -0.3 is 19.6 Å². The number of aliphatic carboxylic acids is 1. The van der Waals surface area contributed by atoms with E-state index in [4.69, 9.17) is 9.84 Å². The van der Waals surface area contributed by atoms with Gasteiger partial charge >= 0.3 is 12.0 Å². The number of carboxylic acid groups (broad SMARTS) is 1. The Labute approximate surface area is 126 Å². The summed E-state index contributed by atoms with van der Waals surface area (Å²) in [7, 11) is 1.64. The lowest BCUT2D eigenvalue weighted by atomic mass is 9.97. The zero-order valence-electron chi connectivity index (χ0n) is 13.0. The van der Waals surface area contributed by atoms with Crippen LogP contribution in [0.5, 0.6) is 0 Å². The van der Waals surface area contributed by atoms with E-state index < -0.39 is 5.97 Å². The fraction of sp³-hybridized carbons (Fsp3) is 0.867. The van der Waals surface area contributed by atoms with Gasteiger partial charge in [-0.05, 0) is 38.5 Å². The molecular weight excluding hydrogens is 272 g/mol. The van der Waals surface area contributed by atoms with E-state index in [1.54, 1.807) is 12.0 Å². The molecule has 0 aromatic heterocycles. The van der Waals surface area contributed by atoms with Crippen molar-refractivity contribution in [3.63, 3.8) is 0 Å². The van der Waals surface area contributed by atoms with Crippen LogP contribution in [0.25, 0.3) is 0 Å². The molecule has 0 radical (unpaired) electrons. The van der Waals surface area contributed by atoms with Gasteiger partial charge in [0.15, 0.2) is 0 Å². The normalized spacial score (nSPS) is 21.1. The summed E-state index contributed by atoms with van der Waals surface area (Å²) in [6.45, 7) is 4.32. The summed E-state index contributed by atoms with van der Waals surface area (Å²) in [6, 6.07) is 0.278. The molecule has 2 amide bonds. The zero-order valence-corrected chi connectivity index (χ0v) is 13.0. The SMILES string of the molecule is COCCN(C(=O)N1CCC(C(=O)O)CC1)C(C)C1CC1. The minimum atomic E-state index is -0.746. The highest BCUT2D eigenvalue weighted by atomic mass is 16.5. The van der Waals surface area contributed by atoms with Gasteiger partial charge in [-0.1, -0.05) is 0 Å². The Kier molecular flexibility index (Phi) is 5.45. The monoisotopic (exact) mass is 298 g/mol. The van der Waals surface area contributed by atoms with Crippen molar-refractivity contribution in [2.24, 2.45) is 11.8 Å². The number of carbonyl (C=O) groups is 2. The Morgan fingerprint density at radius 2 is 1.90 bits per heavy atom. The summed E-state index contributed by atoms with van der Waals surface area (Å²) in [5.74, 6) is -0.436. The first-order valence-corrected chi connectivity index (χ1v) is 7.82. The lowest BCUT2D eigenvalue weighted by molar-refractivity contribution is -0.143. The number of urea groups is 1. The highest BCUT2D eigenvalue weighted by Crippen LogP contribution is 2.35. The first-order chi connectivity index (χ1) is 10.0. The van der Waals surface area contributed by atoms with Crippen LogP contribution in [0.3, 0.4) is 0 Å². The van der Waals surface area contributed by atoms with Gasteiger partial charge in [0.1, 0.15) is 0 Å². The third-order valence-electron chi connectivity index (χ3n) is 4.69. The van der Waals surface area contributed by atoms with Crippen molar-refractivity contribution in [3.05, 3.63) is 0 Å². The maximum Gasteiger partial charge on any atom is 0.320 e. The van der Waals surface area contributed by atoms with E-state index in [2.05, 4.69) is 6.92 Å². The average Bonchev–Trinajstić information content (AvgIpc) is 3.32. The van der Waals surface area contributed by atoms with Crippen LogP contribution >= 0.6 is 0 Å². The largest absolute Gasteiger partial charge is 0.481 e. The van der Waals surface area contributed by atoms with E-state index in [1.807, 2.05) is 4.90 Å². The number of amides is 2. The molecule has 1 unspecified atom stereocenters. The lowest BCUT2D eigenvalue weighted by Gasteiger charge is -2.37. The van der Waals surface area contributed by atoms with Crippen molar-refractivity contribution >= 4 is 12.0 Å². The fourth-order valence-corrected chi connectivity index (χ4v) is 3.00. The van der Waals surface area contributed by atoms with Crippen LogP contribution in [0, 0.1) is 11.8 Å². The predicted molar refractivity (Wildman–Crippen MR) is 78.1 cm³/mol. The molecule has 6 nitrogen and oxygen atoms in total. The lowest BCUT2D eigenvalue weighted by Crippen LogP contribution is -2.51. The van der Waals surface area contributed by atoms with Gasteiger partial charge in [0, 0.05) is 32.8 Å². The quantitative estimate of drug-likeness (QED) is 0.809. The van der Waals surface area contributed by atoms with Crippen molar-refractivity contribution in [2.45, 2.75) is 38.6 Å². The molecule has 1 saturated heterocycles. The second kappa shape index (κ2) is 7.11. The summed E-state index contributed by atoms with van der Waals surface area (Å²) >= 11 is 0. The number of piperidine rings is 1. The molecule has 1 aliphatic heterocycles. The molecule has 0 aromatic rings. The molecule has 2 fully saturated rings. The van der Waals surface area contributed by atoms with E-state index in [9.17, 15) is 9.59 Å². The van der Waals surface area contributed by atoms with Gasteiger partial charge in [0.2, 0.25) is 0 Å². The number of rotatable bonds is 6. The molecule has 0 aromatic carbocycles. The van der Waals surface area contributed by atoms with Crippen LogP contribution in [-0.2, 0) is 9.53 Å². The number of methoxy groups -OCH3 is 1. The molecule has 120 valence electrons. The van der Waals surface area contributed by atoms with Crippen LogP contribution in [0.2, 0.25) is 0 Å². The topological polar surface area (TPSA) is 70.1 Å². The van der Waals surface area contributed by atoms with Gasteiger partial charge in [-0.3, -0.25) is 4.79 Å². The molecule has 6 heteroatoms. The molecule has 2 aliphatic rings. The minimum absolute atomic E-state index is 0.0373. The Bertz CT molecular complexity index is 376. The summed E-state index contributed by atoms with van der Waals surface area (Å²) in [4.78, 5) is 27.4. The smallest absolute Gasteiger partial charge is 0.320 e. The minimum Gasteiger partial charge on any atom is -0.481 e. The molecule has 21 heavy (non-hydrogen) atoms. The highest BCUT2D eigenvalue weighted by molar-refractivity contribution is 5.76. The maximum atomic E-state index is 12.7. The predicted octanol–water partition coefficient (Wildman–Crippen LogP) is 1.65. The van der Waals surface area contributed by atoms with Gasteiger partial charge in [0.25, 0.3) is 0 Å². The molecule has 1 saturated carbocycles. The van der Waals surface area contributed by atoms with E-state index in [1.165, 1.54) is 12.8 Å². The molecule has 1 N–H and O–H groups in total. The van der Waals surface area contributed by atoms with Crippen LogP contribution in [-0.4, -0.2) is 66.3 Å². The maximum absolute atomic E-state index is 12.7. The first-order valence-electron chi connectivity index (χ1n) is 7.82. The Morgan fingerprint density at radius 3 is 2.38 bits per heavy atom. The standard InChI is InChI=1S/C15H26N2O4/c1-11(12-3-4-12)17(9-10-21-2)15(20)16-7-5-13(6-8-16)14(18)19/h11-13H,3-10H2,1-2H3,(H,18,19). The molecule has 0 spiro atoms. The number of hydrogen-bond acceptors (Lipinski definition) is 3. The molecule has 1 atom stereocenters. The Balaban J connectivity index is 1.92. The zero-order chi connectivity index (χ0) is 15.4. The van der Waals surface area contributed by atoms with Crippen LogP contribution in [0.4, 0.5) is 4.79 Å². The number of ether oxygens (including phenoxy) is 1. The van der Waals surface area contributed by atoms with Gasteiger partial charge in [-0.25, -0.2) is 4.79 Å². The number of carboxylic acids is 1. The van der Waals surface area contributed by atoms with Crippen molar-refractivity contribution < 1.29 is 19.4 Å². The van der Waals surface area contributed by atoms with Gasteiger partial charge in [0.05, 0.1) is 12.5 Å². The van der Waals surface area contributed by atoms with Crippen molar-refractivity contribution in [2.75, 3.05) is 33.4 Å². The molecular formula is C15H26N2O4. The third kappa shape index (κ3) is 4.09. The Hall–Kier alpha value is -1.30. The molecule has 2 rings (SSSR count). The highest BCUT2D eigenvalue weighted by Gasteiger charge is 2.37. The summed E-state index contributed by atoms with van der Waals surface area (Å²) in [6.07, 6.45) is 3.49. The molecule has 1 heterocycles. The summed E-state index contributed by atoms with van der Waals surface area (Å²) in [5, 5.41) is 9.03. The van der Waals surface area contributed by atoms with Crippen LogP contribution < -0.4 is 0 Å². The van der Waals surface area contributed by atoms with Crippen LogP contribution in [0.15, 0.2) is 0 Å². The second-order valence-electron chi connectivity index (χ2n) is 6.15. The number of nitrogens with zero attached hydrogens (tertiary/aromatic N) is 2. The average molecular weight is 298 g/mol. The van der Waals surface area contributed by atoms with Crippen LogP contribution in [0.1, 0.15) is 32.6 Å². The van der Waals surface area contributed by atoms with Crippen molar-refractivity contribution in [1.29, 1.82) is 0 Å². The first kappa shape index (κ1) is 16.1. The van der Waals surface area contributed by atoms with E-state index in [0.717, 1.165) is 0 Å². The molecule has 1 aliphatic carbocycles. The van der Waals surface area contributed by atoms with Crippen molar-refractivity contribution in [3.8, 4) is 0 Å². The Morgan fingerprint density at radius 1 is 1.29 bits per heavy atom. The number of hydrogen-bond donors (Lipinski definition) is 1. The van der Waals surface area contributed by atoms with Gasteiger partial charge in [-0.2, -0.15) is 0 Å². The summed E-state index contributed by atoms with van der Waals surface area (Å²) < 4.78 is 5.12. The summed E-state index contributed by atoms with van der Waals surface area (Å²) in [5.41, 5.74) is 0. The van der Waals surface area contributed by atoms with Gasteiger partial charge in [-0.15, -0.1) is 0 Å². The third-order valence-corrected chi connectivity index (χ3v) is 4.69. The number of carbonyl (C=O) groups excluding carboxylic acids is 1. The van der Waals surface area contributed by atoms with E-state index >= 15 is 0 Å².